The average Bonchev–Trinajstić information content (AvgIpc) is 2.37. The number of rotatable bonds is 1. The maximum atomic E-state index is 11.2. The molecule has 0 spiro atoms. The molecule has 2 aromatic carbocycles. The number of fused-ring (bicyclic) bond motifs is 3. The minimum Gasteiger partial charge on any atom is -0.478 e. The largest absolute Gasteiger partial charge is 0.478 e. The van der Waals surface area contributed by atoms with Gasteiger partial charge in [-0.3, -0.25) is 4.98 Å². The Labute approximate surface area is 97.3 Å². The first kappa shape index (κ1) is 9.78. The van der Waals surface area contributed by atoms with Gasteiger partial charge in [-0.25, -0.2) is 4.79 Å². The molecule has 0 aliphatic rings. The van der Waals surface area contributed by atoms with Crippen molar-refractivity contribution in [2.75, 3.05) is 0 Å². The van der Waals surface area contributed by atoms with E-state index in [1.165, 1.54) is 6.07 Å². The van der Waals surface area contributed by atoms with Gasteiger partial charge in [0.15, 0.2) is 0 Å². The minimum atomic E-state index is -0.954. The van der Waals surface area contributed by atoms with Crippen LogP contribution in [0.5, 0.6) is 0 Å². The summed E-state index contributed by atoms with van der Waals surface area (Å²) in [5.41, 5.74) is 0.899. The number of aromatic nitrogens is 1. The molecule has 1 N–H and O–H groups in total. The van der Waals surface area contributed by atoms with Crippen LogP contribution < -0.4 is 0 Å². The summed E-state index contributed by atoms with van der Waals surface area (Å²) in [7, 11) is 0. The van der Waals surface area contributed by atoms with Gasteiger partial charge in [0, 0.05) is 17.0 Å². The van der Waals surface area contributed by atoms with E-state index < -0.39 is 5.97 Å². The summed E-state index contributed by atoms with van der Waals surface area (Å²) in [6.45, 7) is 0. The van der Waals surface area contributed by atoms with Crippen LogP contribution in [0.4, 0.5) is 0 Å². The van der Waals surface area contributed by atoms with Crippen LogP contribution in [-0.2, 0) is 0 Å². The van der Waals surface area contributed by atoms with Gasteiger partial charge < -0.3 is 5.11 Å². The van der Waals surface area contributed by atoms with Crippen LogP contribution >= 0.6 is 0 Å². The Morgan fingerprint density at radius 2 is 2.06 bits per heavy atom. The van der Waals surface area contributed by atoms with Crippen molar-refractivity contribution in [3.8, 4) is 0 Å². The standard InChI is InChI=1S/C14H8NO2/c16-14(17)11-6-3-7-12-13(11)10-5-2-1-4-9(10)8-15-12/h1-2,4-8H,(H,16,17). The molecule has 0 aliphatic carbocycles. The highest BCUT2D eigenvalue weighted by molar-refractivity contribution is 6.14. The molecule has 3 rings (SSSR count). The van der Waals surface area contributed by atoms with E-state index in [-0.39, 0.29) is 5.56 Å². The first-order valence-electron chi connectivity index (χ1n) is 5.18. The number of aromatic carboxylic acids is 1. The third-order valence-electron chi connectivity index (χ3n) is 2.78. The second-order valence-corrected chi connectivity index (χ2v) is 3.78. The van der Waals surface area contributed by atoms with Gasteiger partial charge in [0.1, 0.15) is 0 Å². The highest BCUT2D eigenvalue weighted by Crippen LogP contribution is 2.26. The zero-order valence-electron chi connectivity index (χ0n) is 8.84. The minimum absolute atomic E-state index is 0.242. The Bertz CT molecular complexity index is 734. The second-order valence-electron chi connectivity index (χ2n) is 3.78. The maximum Gasteiger partial charge on any atom is 0.336 e. The molecule has 0 aliphatic heterocycles. The number of hydrogen-bond acceptors (Lipinski definition) is 2. The normalized spacial score (nSPS) is 10.8. The third kappa shape index (κ3) is 1.44. The molecule has 0 unspecified atom stereocenters. The van der Waals surface area contributed by atoms with Crippen molar-refractivity contribution in [2.45, 2.75) is 0 Å². The van der Waals surface area contributed by atoms with E-state index in [9.17, 15) is 9.90 Å². The summed E-state index contributed by atoms with van der Waals surface area (Å²) in [5, 5.41) is 11.7. The topological polar surface area (TPSA) is 50.2 Å². The van der Waals surface area contributed by atoms with Crippen LogP contribution in [0.25, 0.3) is 21.7 Å². The van der Waals surface area contributed by atoms with E-state index in [4.69, 9.17) is 0 Å². The number of carboxylic acids is 1. The van der Waals surface area contributed by atoms with Gasteiger partial charge >= 0.3 is 5.97 Å². The predicted octanol–water partition coefficient (Wildman–Crippen LogP) is 2.89. The van der Waals surface area contributed by atoms with Crippen LogP contribution in [-0.4, -0.2) is 16.1 Å². The van der Waals surface area contributed by atoms with Crippen LogP contribution in [0.1, 0.15) is 10.4 Å². The van der Waals surface area contributed by atoms with E-state index in [0.717, 1.165) is 10.8 Å². The zero-order chi connectivity index (χ0) is 11.8. The maximum absolute atomic E-state index is 11.2. The molecule has 0 amide bonds. The molecule has 1 radical (unpaired) electrons. The van der Waals surface area contributed by atoms with Crippen LogP contribution in [0.15, 0.2) is 42.6 Å². The molecule has 0 saturated heterocycles. The molecule has 1 aromatic heterocycles. The monoisotopic (exact) mass is 222 g/mol. The van der Waals surface area contributed by atoms with Crippen molar-refractivity contribution in [2.24, 2.45) is 0 Å². The molecule has 0 saturated carbocycles. The fourth-order valence-corrected chi connectivity index (χ4v) is 2.02. The number of nitrogens with zero attached hydrogens (tertiary/aromatic N) is 1. The first-order chi connectivity index (χ1) is 8.27. The highest BCUT2D eigenvalue weighted by atomic mass is 16.4. The van der Waals surface area contributed by atoms with E-state index in [1.807, 2.05) is 24.3 Å². The van der Waals surface area contributed by atoms with Gasteiger partial charge in [0.05, 0.1) is 11.1 Å². The Morgan fingerprint density at radius 1 is 1.24 bits per heavy atom. The first-order valence-corrected chi connectivity index (χ1v) is 5.18. The molecular weight excluding hydrogens is 214 g/mol. The zero-order valence-corrected chi connectivity index (χ0v) is 8.84. The number of pyridine rings is 1. The number of hydrogen-bond donors (Lipinski definition) is 1. The molecule has 1 heterocycles. The van der Waals surface area contributed by atoms with Crippen LogP contribution in [0.3, 0.4) is 0 Å². The van der Waals surface area contributed by atoms with Crippen molar-refractivity contribution in [1.29, 1.82) is 0 Å². The van der Waals surface area contributed by atoms with Gasteiger partial charge in [-0.2, -0.15) is 0 Å². The SMILES string of the molecule is O=C(O)c1c[c]cc2ncc3ccccc3c12. The molecule has 3 aromatic rings. The van der Waals surface area contributed by atoms with E-state index in [1.54, 1.807) is 12.3 Å². The quantitative estimate of drug-likeness (QED) is 0.644. The van der Waals surface area contributed by atoms with Gasteiger partial charge in [0.2, 0.25) is 0 Å². The van der Waals surface area contributed by atoms with Crippen LogP contribution in [0, 0.1) is 6.07 Å². The summed E-state index contributed by atoms with van der Waals surface area (Å²) in [6.07, 6.45) is 1.75. The van der Waals surface area contributed by atoms with Gasteiger partial charge in [-0.15, -0.1) is 0 Å². The highest BCUT2D eigenvalue weighted by Gasteiger charge is 2.11. The summed E-state index contributed by atoms with van der Waals surface area (Å²) >= 11 is 0. The Balaban J connectivity index is 2.59. The molecule has 3 nitrogen and oxygen atoms in total. The predicted molar refractivity (Wildman–Crippen MR) is 65.0 cm³/mol. The molecular formula is C14H8NO2. The fraction of sp³-hybridized carbons (Fsp3) is 0. The number of carbonyl (C=O) groups is 1. The number of carboxylic acid groups (broad SMARTS) is 1. The lowest BCUT2D eigenvalue weighted by Gasteiger charge is -2.05. The molecule has 0 fully saturated rings. The van der Waals surface area contributed by atoms with Crippen LogP contribution in [0.2, 0.25) is 0 Å². The average molecular weight is 222 g/mol. The second kappa shape index (κ2) is 3.56. The molecule has 0 atom stereocenters. The number of benzene rings is 2. The van der Waals surface area contributed by atoms with Crippen molar-refractivity contribution in [3.63, 3.8) is 0 Å². The summed E-state index contributed by atoms with van der Waals surface area (Å²) in [4.78, 5) is 15.5. The lowest BCUT2D eigenvalue weighted by molar-refractivity contribution is 0.0699. The Kier molecular flexibility index (Phi) is 2.05. The summed E-state index contributed by atoms with van der Waals surface area (Å²) in [6, 6.07) is 13.6. The molecule has 17 heavy (non-hydrogen) atoms. The lowest BCUT2D eigenvalue weighted by Crippen LogP contribution is -1.98. The Hall–Kier alpha value is -2.42. The van der Waals surface area contributed by atoms with Gasteiger partial charge in [0.25, 0.3) is 0 Å². The lowest BCUT2D eigenvalue weighted by atomic mass is 10.0. The van der Waals surface area contributed by atoms with E-state index >= 15 is 0 Å². The Morgan fingerprint density at radius 3 is 2.88 bits per heavy atom. The molecule has 3 heteroatoms. The third-order valence-corrected chi connectivity index (χ3v) is 2.78. The van der Waals surface area contributed by atoms with Crippen molar-refractivity contribution < 1.29 is 9.90 Å². The van der Waals surface area contributed by atoms with Gasteiger partial charge in [-0.1, -0.05) is 24.3 Å². The molecule has 0 bridgehead atoms. The van der Waals surface area contributed by atoms with E-state index in [0.29, 0.717) is 10.9 Å². The summed E-state index contributed by atoms with van der Waals surface area (Å²) in [5.74, 6) is -0.954. The molecule has 81 valence electrons. The van der Waals surface area contributed by atoms with Crippen molar-refractivity contribution in [1.82, 2.24) is 4.98 Å². The fourth-order valence-electron chi connectivity index (χ4n) is 2.02. The van der Waals surface area contributed by atoms with Crippen molar-refractivity contribution >= 4 is 27.6 Å². The van der Waals surface area contributed by atoms with Crippen molar-refractivity contribution in [3.05, 3.63) is 54.2 Å². The van der Waals surface area contributed by atoms with Gasteiger partial charge in [-0.05, 0) is 23.6 Å². The smallest absolute Gasteiger partial charge is 0.336 e. The van der Waals surface area contributed by atoms with E-state index in [2.05, 4.69) is 11.1 Å². The summed E-state index contributed by atoms with van der Waals surface area (Å²) < 4.78 is 0.